The van der Waals surface area contributed by atoms with Gasteiger partial charge in [0, 0.05) is 11.1 Å². The maximum absolute atomic E-state index is 10.8. The zero-order chi connectivity index (χ0) is 57.5. The Morgan fingerprint density at radius 3 is 0.937 bits per heavy atom. The van der Waals surface area contributed by atoms with Crippen molar-refractivity contribution < 1.29 is 56.7 Å². The molecule has 0 unspecified atom stereocenters. The summed E-state index contributed by atoms with van der Waals surface area (Å²) in [5, 5.41) is 59.0. The SMILES string of the molecule is CCCCCCCCCCCCCCCCCCCCCCC(=Nc1cc(C)cc(C)c1)C(CCCC)=Nc1cc(C)cc(C)c1.CCCCCc1ccc(O)c(O)c1C(=O)[O-].CCCCCc1ccc(O)c(O)c1C(=O)[O-].[Ni+2]. The number of carboxylic acids is 2. The summed E-state index contributed by atoms with van der Waals surface area (Å²) >= 11 is 0. The average molecular weight is 1130 g/mol. The van der Waals surface area contributed by atoms with Crippen LogP contribution in [0.1, 0.15) is 274 Å². The molecule has 0 saturated heterocycles. The van der Waals surface area contributed by atoms with Gasteiger partial charge in [0.1, 0.15) is 0 Å². The number of unbranched alkanes of at least 4 members (excludes halogenated alkanes) is 24. The maximum atomic E-state index is 10.8. The minimum absolute atomic E-state index is 0. The summed E-state index contributed by atoms with van der Waals surface area (Å²) in [4.78, 5) is 32.2. The molecule has 0 bridgehead atoms. The largest absolute Gasteiger partial charge is 2.00 e. The number of aromatic carboxylic acids is 2. The zero-order valence-corrected chi connectivity index (χ0v) is 51.0. The van der Waals surface area contributed by atoms with Crippen molar-refractivity contribution in [2.24, 2.45) is 9.98 Å². The first-order chi connectivity index (χ1) is 37.6. The molecule has 4 N–H and O–H groups in total. The van der Waals surface area contributed by atoms with Crippen molar-refractivity contribution in [3.8, 4) is 23.0 Å². The van der Waals surface area contributed by atoms with Crippen molar-refractivity contribution in [3.63, 3.8) is 0 Å². The fraction of sp³-hybridized carbons (Fsp3) is 0.588. The summed E-state index contributed by atoms with van der Waals surface area (Å²) in [5.74, 6) is -4.99. The van der Waals surface area contributed by atoms with E-state index in [9.17, 15) is 40.2 Å². The molecule has 4 aromatic rings. The molecule has 0 radical (unpaired) electrons. The van der Waals surface area contributed by atoms with Gasteiger partial charge in [0.05, 0.1) is 34.7 Å². The van der Waals surface area contributed by atoms with E-state index in [1.807, 2.05) is 13.8 Å². The van der Waals surface area contributed by atoms with Crippen molar-refractivity contribution in [1.29, 1.82) is 0 Å². The normalized spacial score (nSPS) is 11.3. The predicted molar refractivity (Wildman–Crippen MR) is 323 cm³/mol. The van der Waals surface area contributed by atoms with E-state index in [2.05, 4.69) is 77.9 Å². The van der Waals surface area contributed by atoms with Crippen molar-refractivity contribution in [3.05, 3.63) is 105 Å². The van der Waals surface area contributed by atoms with E-state index in [4.69, 9.17) is 9.98 Å². The average Bonchev–Trinajstić information content (AvgIpc) is 3.40. The first-order valence-electron chi connectivity index (χ1n) is 30.4. The summed E-state index contributed by atoms with van der Waals surface area (Å²) in [7, 11) is 0. The number of hydrogen-bond donors (Lipinski definition) is 4. The van der Waals surface area contributed by atoms with Crippen LogP contribution in [0.5, 0.6) is 23.0 Å². The van der Waals surface area contributed by atoms with Crippen LogP contribution in [0.3, 0.4) is 0 Å². The molecule has 4 aromatic carbocycles. The number of benzene rings is 4. The smallest absolute Gasteiger partial charge is 0.545 e. The van der Waals surface area contributed by atoms with Crippen LogP contribution in [-0.4, -0.2) is 43.8 Å². The van der Waals surface area contributed by atoms with E-state index in [1.54, 1.807) is 0 Å². The molecule has 0 aliphatic carbocycles. The Balaban J connectivity index is 0.000000763. The van der Waals surface area contributed by atoms with Crippen molar-refractivity contribution in [2.75, 3.05) is 0 Å². The number of carbonyl (C=O) groups is 2. The maximum Gasteiger partial charge on any atom is 2.00 e. The van der Waals surface area contributed by atoms with Gasteiger partial charge in [0.15, 0.2) is 23.0 Å². The summed E-state index contributed by atoms with van der Waals surface area (Å²) in [6, 6.07) is 18.9. The first kappa shape index (κ1) is 71.9. The molecule has 0 saturated carbocycles. The van der Waals surface area contributed by atoms with E-state index in [1.165, 1.54) is 193 Å². The molecule has 10 nitrogen and oxygen atoms in total. The minimum atomic E-state index is -1.46. The van der Waals surface area contributed by atoms with Gasteiger partial charge in [-0.1, -0.05) is 206 Å². The second-order valence-corrected chi connectivity index (χ2v) is 21.8. The third-order valence-electron chi connectivity index (χ3n) is 14.3. The number of phenolic OH excluding ortho intramolecular Hbond substituents is 2. The number of rotatable bonds is 37. The summed E-state index contributed by atoms with van der Waals surface area (Å²) < 4.78 is 0. The van der Waals surface area contributed by atoms with E-state index < -0.39 is 34.9 Å². The second kappa shape index (κ2) is 43.6. The van der Waals surface area contributed by atoms with Gasteiger partial charge in [0.25, 0.3) is 0 Å². The van der Waals surface area contributed by atoms with Crippen LogP contribution in [0.2, 0.25) is 0 Å². The third-order valence-corrected chi connectivity index (χ3v) is 14.3. The number of aromatic hydroxyl groups is 4. The Morgan fingerprint density at radius 1 is 0.380 bits per heavy atom. The molecule has 79 heavy (non-hydrogen) atoms. The molecule has 0 aliphatic rings. The van der Waals surface area contributed by atoms with Crippen molar-refractivity contribution >= 4 is 34.7 Å². The van der Waals surface area contributed by atoms with Crippen molar-refractivity contribution in [2.45, 2.75) is 261 Å². The Hall–Kier alpha value is -5.15. The minimum Gasteiger partial charge on any atom is -0.545 e. The summed E-state index contributed by atoms with van der Waals surface area (Å²) in [5.41, 5.74) is 10.0. The number of hydrogen-bond acceptors (Lipinski definition) is 10. The topological polar surface area (TPSA) is 186 Å². The van der Waals surface area contributed by atoms with E-state index >= 15 is 0 Å². The van der Waals surface area contributed by atoms with Crippen LogP contribution in [0.25, 0.3) is 0 Å². The fourth-order valence-electron chi connectivity index (χ4n) is 10.0. The van der Waals surface area contributed by atoms with Gasteiger partial charge in [-0.25, -0.2) is 0 Å². The van der Waals surface area contributed by atoms with Gasteiger partial charge in [-0.15, -0.1) is 0 Å². The molecule has 0 atom stereocenters. The van der Waals surface area contributed by atoms with Crippen LogP contribution in [-0.2, 0) is 29.3 Å². The van der Waals surface area contributed by atoms with Gasteiger partial charge in [0.2, 0.25) is 0 Å². The van der Waals surface area contributed by atoms with E-state index in [0.717, 1.165) is 69.2 Å². The number of nitrogens with zero attached hydrogens (tertiary/aromatic N) is 2. The Morgan fingerprint density at radius 2 is 0.646 bits per heavy atom. The number of aryl methyl sites for hydroxylation is 6. The van der Waals surface area contributed by atoms with Crippen LogP contribution < -0.4 is 10.2 Å². The quantitative estimate of drug-likeness (QED) is 0.0149. The van der Waals surface area contributed by atoms with E-state index in [0.29, 0.717) is 24.0 Å². The Labute approximate surface area is 488 Å². The fourth-order valence-corrected chi connectivity index (χ4v) is 10.0. The van der Waals surface area contributed by atoms with Crippen molar-refractivity contribution in [1.82, 2.24) is 0 Å². The molecule has 4 rings (SSSR count). The monoisotopic (exact) mass is 1130 g/mol. The number of aliphatic imine (C=N–C) groups is 2. The standard InChI is InChI=1S/C44H72N2.2C12H16O4.Ni/c1-7-9-11-12-13-14-15-16-17-18-19-20-21-22-23-24-25-26-27-28-30-44(46-42-35-39(5)32-40(6)36-42)43(29-10-8-2)45-41-33-37(3)31-38(4)34-41;2*1-2-3-4-5-8-6-7-9(13)11(14)10(8)12(15)16;/h31-36H,7-30H2,1-6H3;2*6-7,13-14H,2-5H2,1H3,(H,15,16);/q;;;+2/p-2. The van der Waals surface area contributed by atoms with Gasteiger partial charge in [-0.3, -0.25) is 9.98 Å². The van der Waals surface area contributed by atoms with Gasteiger partial charge in [-0.2, -0.15) is 0 Å². The van der Waals surface area contributed by atoms with Gasteiger partial charge >= 0.3 is 16.5 Å². The van der Waals surface area contributed by atoms with Crippen LogP contribution >= 0.6 is 0 Å². The van der Waals surface area contributed by atoms with Crippen LogP contribution in [0.4, 0.5) is 11.4 Å². The number of carboxylic acid groups (broad SMARTS) is 2. The summed E-state index contributed by atoms with van der Waals surface area (Å²) in [6.45, 7) is 17.4. The molecule has 0 aromatic heterocycles. The molecule has 0 amide bonds. The van der Waals surface area contributed by atoms with E-state index in [-0.39, 0.29) is 27.6 Å². The number of phenols is 4. The summed E-state index contributed by atoms with van der Waals surface area (Å²) in [6.07, 6.45) is 39.5. The van der Waals surface area contributed by atoms with Crippen LogP contribution in [0.15, 0.2) is 70.6 Å². The molecule has 11 heteroatoms. The van der Waals surface area contributed by atoms with Gasteiger partial charge < -0.3 is 40.2 Å². The molecule has 0 fully saturated rings. The molecule has 0 aliphatic heterocycles. The van der Waals surface area contributed by atoms with Gasteiger partial charge in [-0.05, 0) is 149 Å². The van der Waals surface area contributed by atoms with Crippen LogP contribution in [0, 0.1) is 27.7 Å². The molecular formula is C68H102N2NiO8. The molecular weight excluding hydrogens is 1030 g/mol. The molecule has 0 spiro atoms. The second-order valence-electron chi connectivity index (χ2n) is 21.8. The Kier molecular flexibility index (Phi) is 39.7. The predicted octanol–water partition coefficient (Wildman–Crippen LogP) is 17.6. The number of carbonyl (C=O) groups excluding carboxylic acids is 2. The molecule has 442 valence electrons. The zero-order valence-electron chi connectivity index (χ0n) is 50.0. The first-order valence-corrected chi connectivity index (χ1v) is 30.4. The molecule has 0 heterocycles. The Bertz CT molecular complexity index is 2280. The third kappa shape index (κ3) is 30.9.